The molecule has 2 heterocycles. The van der Waals surface area contributed by atoms with Gasteiger partial charge in [-0.25, -0.2) is 9.67 Å². The summed E-state index contributed by atoms with van der Waals surface area (Å²) in [5, 5.41) is 8.24. The first-order chi connectivity index (χ1) is 14.9. The number of Topliss-reactive ketones (excluding diaryl/α,β-unsaturated/α-hetero) is 1. The van der Waals surface area contributed by atoms with Crippen LogP contribution in [0.15, 0.2) is 54.6 Å². The molecule has 1 amide bonds. The molecule has 4 rings (SSSR count). The van der Waals surface area contributed by atoms with Crippen molar-refractivity contribution in [2.45, 2.75) is 34.2 Å². The van der Waals surface area contributed by atoms with Crippen LogP contribution in [0.3, 0.4) is 0 Å². The maximum atomic E-state index is 13.3. The fourth-order valence-corrected chi connectivity index (χ4v) is 3.64. The van der Waals surface area contributed by atoms with Crippen molar-refractivity contribution < 1.29 is 9.59 Å². The summed E-state index contributed by atoms with van der Waals surface area (Å²) in [5.74, 6) is -0.315. The molecule has 2 aromatic heterocycles. The van der Waals surface area contributed by atoms with Crippen LogP contribution in [0.2, 0.25) is 0 Å². The number of hydrogen-bond donors (Lipinski definition) is 1. The Morgan fingerprint density at radius 2 is 1.77 bits per heavy atom. The van der Waals surface area contributed by atoms with Gasteiger partial charge in [0.25, 0.3) is 5.91 Å². The highest BCUT2D eigenvalue weighted by Crippen LogP contribution is 2.28. The number of nitrogens with zero attached hydrogens (tertiary/aromatic N) is 3. The van der Waals surface area contributed by atoms with Gasteiger partial charge in [-0.15, -0.1) is 0 Å². The first kappa shape index (κ1) is 20.5. The first-order valence-electron chi connectivity index (χ1n) is 10.2. The van der Waals surface area contributed by atoms with Crippen LogP contribution in [0, 0.1) is 13.8 Å². The number of carbonyl (C=O) groups is 2. The standard InChI is InChI=1S/C25H24N4O2/c1-5-29-24-23(16(3)28-29)21(14-22(27-24)18-11-9-15(2)10-12-18)25(31)26-20-8-6-7-19(13-20)17(4)30/h6-14H,5H2,1-4H3,(H,26,31). The summed E-state index contributed by atoms with van der Waals surface area (Å²) in [4.78, 5) is 29.9. The van der Waals surface area contributed by atoms with Crippen LogP contribution in [0.1, 0.15) is 45.8 Å². The van der Waals surface area contributed by atoms with Gasteiger partial charge in [-0.2, -0.15) is 5.10 Å². The van der Waals surface area contributed by atoms with Crippen LogP contribution >= 0.6 is 0 Å². The van der Waals surface area contributed by atoms with Crippen molar-refractivity contribution in [3.63, 3.8) is 0 Å². The monoisotopic (exact) mass is 412 g/mol. The second kappa shape index (κ2) is 8.14. The van der Waals surface area contributed by atoms with Crippen LogP contribution in [0.4, 0.5) is 5.69 Å². The number of hydrogen-bond acceptors (Lipinski definition) is 4. The Kier molecular flexibility index (Phi) is 5.38. The number of fused-ring (bicyclic) bond motifs is 1. The summed E-state index contributed by atoms with van der Waals surface area (Å²) in [7, 11) is 0. The van der Waals surface area contributed by atoms with E-state index in [9.17, 15) is 9.59 Å². The summed E-state index contributed by atoms with van der Waals surface area (Å²) in [6, 6.07) is 16.8. The molecule has 31 heavy (non-hydrogen) atoms. The van der Waals surface area contributed by atoms with Crippen LogP contribution < -0.4 is 5.32 Å². The van der Waals surface area contributed by atoms with E-state index in [1.165, 1.54) is 6.92 Å². The van der Waals surface area contributed by atoms with Crippen molar-refractivity contribution in [2.75, 3.05) is 5.32 Å². The first-order valence-corrected chi connectivity index (χ1v) is 10.2. The number of anilines is 1. The number of benzene rings is 2. The summed E-state index contributed by atoms with van der Waals surface area (Å²) in [5.41, 5.74) is 5.86. The number of amides is 1. The Bertz CT molecular complexity index is 1300. The van der Waals surface area contributed by atoms with Gasteiger partial charge in [0.05, 0.1) is 22.3 Å². The average Bonchev–Trinajstić information content (AvgIpc) is 3.09. The Labute approximate surface area is 180 Å². The van der Waals surface area contributed by atoms with E-state index in [4.69, 9.17) is 4.98 Å². The van der Waals surface area contributed by atoms with E-state index in [0.717, 1.165) is 22.2 Å². The van der Waals surface area contributed by atoms with Crippen molar-refractivity contribution in [3.05, 3.63) is 77.0 Å². The van der Waals surface area contributed by atoms with Crippen molar-refractivity contribution in [2.24, 2.45) is 0 Å². The number of rotatable bonds is 5. The SMILES string of the molecule is CCn1nc(C)c2c(C(=O)Nc3cccc(C(C)=O)c3)cc(-c3ccc(C)cc3)nc21. The number of carbonyl (C=O) groups excluding carboxylic acids is 2. The second-order valence-corrected chi connectivity index (χ2v) is 7.61. The Morgan fingerprint density at radius 3 is 2.45 bits per heavy atom. The number of aromatic nitrogens is 3. The number of ketones is 1. The Morgan fingerprint density at radius 1 is 1.03 bits per heavy atom. The third kappa shape index (κ3) is 3.97. The summed E-state index contributed by atoms with van der Waals surface area (Å²) >= 11 is 0. The van der Waals surface area contributed by atoms with Gasteiger partial charge >= 0.3 is 0 Å². The van der Waals surface area contributed by atoms with E-state index in [2.05, 4.69) is 10.4 Å². The molecule has 0 saturated heterocycles. The van der Waals surface area contributed by atoms with E-state index >= 15 is 0 Å². The Balaban J connectivity index is 1.84. The largest absolute Gasteiger partial charge is 0.322 e. The predicted molar refractivity (Wildman–Crippen MR) is 123 cm³/mol. The summed E-state index contributed by atoms with van der Waals surface area (Å²) in [6.45, 7) is 8.07. The van der Waals surface area contributed by atoms with Gasteiger partial charge < -0.3 is 5.32 Å². The van der Waals surface area contributed by atoms with Gasteiger partial charge in [0.1, 0.15) is 0 Å². The third-order valence-electron chi connectivity index (χ3n) is 5.30. The lowest BCUT2D eigenvalue weighted by molar-refractivity contribution is 0.101. The van der Waals surface area contributed by atoms with Crippen LogP contribution in [-0.2, 0) is 6.54 Å². The molecule has 0 aliphatic carbocycles. The zero-order valence-electron chi connectivity index (χ0n) is 18.1. The molecule has 0 atom stereocenters. The molecule has 0 fully saturated rings. The summed E-state index contributed by atoms with van der Waals surface area (Å²) < 4.78 is 1.81. The van der Waals surface area contributed by atoms with Gasteiger partial charge in [-0.05, 0) is 45.9 Å². The van der Waals surface area contributed by atoms with Gasteiger partial charge in [0, 0.05) is 23.4 Å². The number of pyridine rings is 1. The molecule has 0 unspecified atom stereocenters. The van der Waals surface area contributed by atoms with Gasteiger partial charge in [0.2, 0.25) is 0 Å². The van der Waals surface area contributed by atoms with Crippen LogP contribution in [0.25, 0.3) is 22.3 Å². The molecule has 0 aliphatic rings. The highest BCUT2D eigenvalue weighted by Gasteiger charge is 2.20. The topological polar surface area (TPSA) is 76.9 Å². The van der Waals surface area contributed by atoms with E-state index < -0.39 is 0 Å². The molecule has 0 aliphatic heterocycles. The third-order valence-corrected chi connectivity index (χ3v) is 5.30. The van der Waals surface area contributed by atoms with Gasteiger partial charge in [0.15, 0.2) is 11.4 Å². The number of nitrogens with one attached hydrogen (secondary N) is 1. The molecule has 6 heteroatoms. The van der Waals surface area contributed by atoms with Crippen molar-refractivity contribution >= 4 is 28.4 Å². The zero-order valence-corrected chi connectivity index (χ0v) is 18.1. The molecule has 0 saturated carbocycles. The molecule has 0 spiro atoms. The zero-order chi connectivity index (χ0) is 22.1. The molecule has 0 bridgehead atoms. The highest BCUT2D eigenvalue weighted by atomic mass is 16.1. The van der Waals surface area contributed by atoms with Crippen molar-refractivity contribution in [3.8, 4) is 11.3 Å². The molecular formula is C25H24N4O2. The quantitative estimate of drug-likeness (QED) is 0.458. The minimum atomic E-state index is -0.264. The molecule has 1 N–H and O–H groups in total. The smallest absolute Gasteiger partial charge is 0.256 e. The lowest BCUT2D eigenvalue weighted by Crippen LogP contribution is -2.14. The normalized spacial score (nSPS) is 11.0. The van der Waals surface area contributed by atoms with Crippen LogP contribution in [0.5, 0.6) is 0 Å². The predicted octanol–water partition coefficient (Wildman–Crippen LogP) is 5.19. The fraction of sp³-hybridized carbons (Fsp3) is 0.200. The van der Waals surface area contributed by atoms with Gasteiger partial charge in [-0.3, -0.25) is 9.59 Å². The molecule has 0 radical (unpaired) electrons. The Hall–Kier alpha value is -3.80. The molecule has 4 aromatic rings. The lowest BCUT2D eigenvalue weighted by atomic mass is 10.0. The van der Waals surface area contributed by atoms with E-state index in [1.54, 1.807) is 24.3 Å². The van der Waals surface area contributed by atoms with E-state index in [0.29, 0.717) is 34.7 Å². The molecule has 2 aromatic carbocycles. The molecule has 6 nitrogen and oxygen atoms in total. The van der Waals surface area contributed by atoms with E-state index in [-0.39, 0.29) is 11.7 Å². The van der Waals surface area contributed by atoms with Crippen molar-refractivity contribution in [1.82, 2.24) is 14.8 Å². The van der Waals surface area contributed by atoms with E-state index in [1.807, 2.05) is 55.8 Å². The molecule has 156 valence electrons. The van der Waals surface area contributed by atoms with Crippen LogP contribution in [-0.4, -0.2) is 26.5 Å². The maximum absolute atomic E-state index is 13.3. The fourth-order valence-electron chi connectivity index (χ4n) is 3.64. The second-order valence-electron chi connectivity index (χ2n) is 7.61. The van der Waals surface area contributed by atoms with Crippen molar-refractivity contribution in [1.29, 1.82) is 0 Å². The average molecular weight is 412 g/mol. The summed E-state index contributed by atoms with van der Waals surface area (Å²) in [6.07, 6.45) is 0. The maximum Gasteiger partial charge on any atom is 0.256 e. The lowest BCUT2D eigenvalue weighted by Gasteiger charge is -2.10. The highest BCUT2D eigenvalue weighted by molar-refractivity contribution is 6.13. The molecular weight excluding hydrogens is 388 g/mol. The number of aryl methyl sites for hydroxylation is 3. The minimum absolute atomic E-state index is 0.0517. The minimum Gasteiger partial charge on any atom is -0.322 e. The van der Waals surface area contributed by atoms with Gasteiger partial charge in [-0.1, -0.05) is 42.0 Å².